The maximum Gasteiger partial charge on any atom is 0.355 e. The maximum absolute atomic E-state index is 13.4. The fourth-order valence-electron chi connectivity index (χ4n) is 1.78. The molecular formula is C15H14F2N2O3. The van der Waals surface area contributed by atoms with E-state index in [-0.39, 0.29) is 11.4 Å². The Morgan fingerprint density at radius 2 is 2.00 bits per heavy atom. The summed E-state index contributed by atoms with van der Waals surface area (Å²) in [5, 5.41) is 2.18. The van der Waals surface area contributed by atoms with Crippen LogP contribution >= 0.6 is 0 Å². The van der Waals surface area contributed by atoms with E-state index in [1.165, 1.54) is 6.92 Å². The van der Waals surface area contributed by atoms with Crippen LogP contribution in [0.15, 0.2) is 36.5 Å². The van der Waals surface area contributed by atoms with Gasteiger partial charge in [-0.1, -0.05) is 0 Å². The molecule has 0 unspecified atom stereocenters. The lowest BCUT2D eigenvalue weighted by molar-refractivity contribution is -0.123. The highest BCUT2D eigenvalue weighted by Gasteiger charge is 2.21. The molecular weight excluding hydrogens is 294 g/mol. The largest absolute Gasteiger partial charge is 0.448 e. The Morgan fingerprint density at radius 1 is 1.27 bits per heavy atom. The number of aryl methyl sites for hydroxylation is 1. The number of rotatable bonds is 4. The number of amides is 1. The molecule has 1 aromatic heterocycles. The molecule has 1 amide bonds. The molecule has 0 aliphatic rings. The zero-order chi connectivity index (χ0) is 16.3. The van der Waals surface area contributed by atoms with Gasteiger partial charge in [-0.05, 0) is 31.2 Å². The fourth-order valence-corrected chi connectivity index (χ4v) is 1.78. The summed E-state index contributed by atoms with van der Waals surface area (Å²) in [7, 11) is 1.66. The van der Waals surface area contributed by atoms with Crippen molar-refractivity contribution in [1.29, 1.82) is 0 Å². The first-order valence-corrected chi connectivity index (χ1v) is 6.46. The third-order valence-corrected chi connectivity index (χ3v) is 2.99. The average Bonchev–Trinajstić information content (AvgIpc) is 2.89. The molecule has 2 aromatic rings. The molecule has 1 N–H and O–H groups in total. The van der Waals surface area contributed by atoms with Gasteiger partial charge in [-0.3, -0.25) is 4.79 Å². The maximum atomic E-state index is 13.4. The first-order valence-electron chi connectivity index (χ1n) is 6.46. The van der Waals surface area contributed by atoms with E-state index in [0.29, 0.717) is 0 Å². The molecule has 1 atom stereocenters. The number of halogens is 2. The van der Waals surface area contributed by atoms with Crippen LogP contribution in [0.4, 0.5) is 14.5 Å². The minimum atomic E-state index is -1.16. The van der Waals surface area contributed by atoms with Crippen LogP contribution in [0.2, 0.25) is 0 Å². The Balaban J connectivity index is 2.02. The zero-order valence-corrected chi connectivity index (χ0v) is 12.0. The monoisotopic (exact) mass is 308 g/mol. The Labute approximate surface area is 125 Å². The predicted octanol–water partition coefficient (Wildman–Crippen LogP) is 2.49. The van der Waals surface area contributed by atoms with Gasteiger partial charge in [0.15, 0.2) is 6.10 Å². The second-order valence-electron chi connectivity index (χ2n) is 4.67. The van der Waals surface area contributed by atoms with E-state index < -0.39 is 29.6 Å². The number of nitrogens with one attached hydrogen (secondary N) is 1. The molecule has 7 heteroatoms. The van der Waals surface area contributed by atoms with Crippen molar-refractivity contribution < 1.29 is 23.1 Å². The lowest BCUT2D eigenvalue weighted by Crippen LogP contribution is -2.30. The van der Waals surface area contributed by atoms with Crippen LogP contribution in [-0.4, -0.2) is 22.5 Å². The molecule has 0 spiro atoms. The van der Waals surface area contributed by atoms with Crippen molar-refractivity contribution in [2.75, 3.05) is 5.32 Å². The summed E-state index contributed by atoms with van der Waals surface area (Å²) in [5.41, 5.74) is -0.0386. The minimum absolute atomic E-state index is 0.275. The van der Waals surface area contributed by atoms with Gasteiger partial charge in [0, 0.05) is 19.3 Å². The molecule has 0 aliphatic heterocycles. The summed E-state index contributed by atoms with van der Waals surface area (Å²) in [5.74, 6) is -2.91. The molecule has 0 radical (unpaired) electrons. The number of benzene rings is 1. The van der Waals surface area contributed by atoms with Gasteiger partial charge in [-0.2, -0.15) is 0 Å². The summed E-state index contributed by atoms with van der Waals surface area (Å²) >= 11 is 0. The lowest BCUT2D eigenvalue weighted by Gasteiger charge is -2.14. The van der Waals surface area contributed by atoms with Crippen molar-refractivity contribution in [3.63, 3.8) is 0 Å². The molecule has 0 fully saturated rings. The van der Waals surface area contributed by atoms with E-state index in [4.69, 9.17) is 4.74 Å². The Morgan fingerprint density at radius 3 is 2.64 bits per heavy atom. The summed E-state index contributed by atoms with van der Waals surface area (Å²) in [6.45, 7) is 1.34. The molecule has 0 bridgehead atoms. The lowest BCUT2D eigenvalue weighted by atomic mass is 10.2. The molecule has 5 nitrogen and oxygen atoms in total. The van der Waals surface area contributed by atoms with Crippen LogP contribution in [0.1, 0.15) is 17.4 Å². The van der Waals surface area contributed by atoms with Gasteiger partial charge in [0.05, 0.1) is 5.69 Å². The topological polar surface area (TPSA) is 60.3 Å². The van der Waals surface area contributed by atoms with Gasteiger partial charge < -0.3 is 14.6 Å². The Kier molecular flexibility index (Phi) is 4.55. The summed E-state index contributed by atoms with van der Waals surface area (Å²) in [6, 6.07) is 5.87. The summed E-state index contributed by atoms with van der Waals surface area (Å²) in [6.07, 6.45) is 0.494. The van der Waals surface area contributed by atoms with Crippen LogP contribution in [0, 0.1) is 11.6 Å². The van der Waals surface area contributed by atoms with Gasteiger partial charge in [0.25, 0.3) is 5.91 Å². The number of nitrogens with zero attached hydrogens (tertiary/aromatic N) is 1. The Bertz CT molecular complexity index is 713. The number of hydrogen-bond acceptors (Lipinski definition) is 3. The van der Waals surface area contributed by atoms with Gasteiger partial charge in [0.1, 0.15) is 17.3 Å². The van der Waals surface area contributed by atoms with Crippen molar-refractivity contribution >= 4 is 17.6 Å². The third-order valence-electron chi connectivity index (χ3n) is 2.99. The van der Waals surface area contributed by atoms with Crippen LogP contribution in [-0.2, 0) is 16.6 Å². The highest BCUT2D eigenvalue weighted by molar-refractivity contribution is 5.97. The number of aromatic nitrogens is 1. The van der Waals surface area contributed by atoms with Gasteiger partial charge in [0.2, 0.25) is 0 Å². The number of carbonyl (C=O) groups is 2. The van der Waals surface area contributed by atoms with E-state index in [9.17, 15) is 18.4 Å². The van der Waals surface area contributed by atoms with E-state index in [1.54, 1.807) is 29.9 Å². The molecule has 0 saturated carbocycles. The van der Waals surface area contributed by atoms with Crippen LogP contribution in [0.25, 0.3) is 0 Å². The SMILES string of the molecule is C[C@H](OC(=O)c1cccn1C)C(=O)Nc1cc(F)ccc1F. The quantitative estimate of drug-likeness (QED) is 0.883. The second-order valence-corrected chi connectivity index (χ2v) is 4.67. The zero-order valence-electron chi connectivity index (χ0n) is 12.0. The molecule has 116 valence electrons. The van der Waals surface area contributed by atoms with Crippen molar-refractivity contribution in [3.05, 3.63) is 53.9 Å². The van der Waals surface area contributed by atoms with E-state index in [0.717, 1.165) is 18.2 Å². The van der Waals surface area contributed by atoms with E-state index in [2.05, 4.69) is 5.32 Å². The molecule has 22 heavy (non-hydrogen) atoms. The fraction of sp³-hybridized carbons (Fsp3) is 0.200. The van der Waals surface area contributed by atoms with Crippen molar-refractivity contribution in [2.24, 2.45) is 7.05 Å². The van der Waals surface area contributed by atoms with E-state index >= 15 is 0 Å². The van der Waals surface area contributed by atoms with Crippen molar-refractivity contribution in [2.45, 2.75) is 13.0 Å². The minimum Gasteiger partial charge on any atom is -0.448 e. The summed E-state index contributed by atoms with van der Waals surface area (Å²) < 4.78 is 33.0. The number of carbonyl (C=O) groups excluding carboxylic acids is 2. The van der Waals surface area contributed by atoms with Crippen molar-refractivity contribution in [3.8, 4) is 0 Å². The molecule has 2 rings (SSSR count). The second kappa shape index (κ2) is 6.38. The number of hydrogen-bond donors (Lipinski definition) is 1. The summed E-state index contributed by atoms with van der Waals surface area (Å²) in [4.78, 5) is 23.7. The number of esters is 1. The van der Waals surface area contributed by atoms with Gasteiger partial charge >= 0.3 is 5.97 Å². The Hall–Kier alpha value is -2.70. The normalized spacial score (nSPS) is 11.8. The molecule has 0 saturated heterocycles. The number of ether oxygens (including phenoxy) is 1. The average molecular weight is 308 g/mol. The highest BCUT2D eigenvalue weighted by Crippen LogP contribution is 2.16. The molecule has 0 aliphatic carbocycles. The van der Waals surface area contributed by atoms with Crippen LogP contribution in [0.3, 0.4) is 0 Å². The smallest absolute Gasteiger partial charge is 0.355 e. The van der Waals surface area contributed by atoms with Crippen LogP contribution < -0.4 is 5.32 Å². The molecule has 1 heterocycles. The first-order chi connectivity index (χ1) is 10.4. The van der Waals surface area contributed by atoms with E-state index in [1.807, 2.05) is 0 Å². The standard InChI is InChI=1S/C15H14F2N2O3/c1-9(22-15(21)13-4-3-7-19(13)2)14(20)18-12-8-10(16)5-6-11(12)17/h3-9H,1-2H3,(H,18,20)/t9-/m0/s1. The van der Waals surface area contributed by atoms with Crippen LogP contribution in [0.5, 0.6) is 0 Å². The third kappa shape index (κ3) is 3.49. The first kappa shape index (κ1) is 15.7. The highest BCUT2D eigenvalue weighted by atomic mass is 19.1. The van der Waals surface area contributed by atoms with Gasteiger partial charge in [-0.15, -0.1) is 0 Å². The predicted molar refractivity (Wildman–Crippen MR) is 75.3 cm³/mol. The number of anilines is 1. The van der Waals surface area contributed by atoms with Gasteiger partial charge in [-0.25, -0.2) is 13.6 Å². The molecule has 1 aromatic carbocycles. The van der Waals surface area contributed by atoms with Crippen molar-refractivity contribution in [1.82, 2.24) is 4.57 Å².